The summed E-state index contributed by atoms with van der Waals surface area (Å²) in [5.41, 5.74) is 1.61. The molecular weight excluding hydrogens is 299 g/mol. The van der Waals surface area contributed by atoms with Gasteiger partial charge in [0.05, 0.1) is 0 Å². The molecule has 2 aliphatic carbocycles. The maximum atomic E-state index is 3.26. The Morgan fingerprint density at radius 2 is 2.00 bits per heavy atom. The number of hydrogen-bond donors (Lipinski definition) is 0. The van der Waals surface area contributed by atoms with Crippen LogP contribution in [0.4, 0.5) is 0 Å². The van der Waals surface area contributed by atoms with Gasteiger partial charge >= 0.3 is 41.9 Å². The van der Waals surface area contributed by atoms with E-state index in [4.69, 9.17) is 0 Å². The van der Waals surface area contributed by atoms with Crippen LogP contribution in [0.5, 0.6) is 0 Å². The quantitative estimate of drug-likeness (QED) is 0.516. The van der Waals surface area contributed by atoms with Crippen LogP contribution in [0, 0.1) is 12.2 Å². The van der Waals surface area contributed by atoms with E-state index in [9.17, 15) is 0 Å². The molecule has 2 rings (SSSR count). The molecule has 0 saturated carbocycles. The Hall–Kier alpha value is 0.0600. The van der Waals surface area contributed by atoms with E-state index < -0.39 is 0 Å². The monoisotopic (exact) mass is 320 g/mol. The summed E-state index contributed by atoms with van der Waals surface area (Å²) in [4.78, 5) is 0. The molecule has 2 heteroatoms. The van der Waals surface area contributed by atoms with Crippen LogP contribution < -0.4 is 0 Å². The van der Waals surface area contributed by atoms with E-state index in [2.05, 4.69) is 50.4 Å². The standard InChI is InChI=1S/C8H11.C5H5.C2H6Si.Zr/c1-2-5-8-6-3-4-7-8;1-2-4-5-3-1;1-3-2;/h3,6H,2,4-5H2,1H3;1-3H,4H2;1-2H3;/q2*-1;;+2. The van der Waals surface area contributed by atoms with Crippen molar-refractivity contribution in [2.24, 2.45) is 0 Å². The number of hydrogen-bond acceptors (Lipinski definition) is 0. The van der Waals surface area contributed by atoms with Crippen molar-refractivity contribution in [3.05, 3.63) is 48.1 Å². The molecular formula is C15H22SiZr. The summed E-state index contributed by atoms with van der Waals surface area (Å²) < 4.78 is 0. The summed E-state index contributed by atoms with van der Waals surface area (Å²) in [6.45, 7) is 6.81. The van der Waals surface area contributed by atoms with Crippen molar-refractivity contribution in [1.29, 1.82) is 0 Å². The Balaban J connectivity index is 0.000000246. The zero-order valence-electron chi connectivity index (χ0n) is 11.2. The van der Waals surface area contributed by atoms with Crippen molar-refractivity contribution in [3.63, 3.8) is 0 Å². The van der Waals surface area contributed by atoms with Crippen molar-refractivity contribution >= 4 is 5.43 Å². The van der Waals surface area contributed by atoms with Crippen LogP contribution in [0.1, 0.15) is 32.6 Å². The van der Waals surface area contributed by atoms with Crippen LogP contribution in [-0.2, 0) is 23.3 Å². The minimum Gasteiger partial charge on any atom is -0.273 e. The minimum atomic E-state index is 0.210. The maximum Gasteiger partial charge on any atom is -0.109 e. The van der Waals surface area contributed by atoms with Crippen LogP contribution in [0.2, 0.25) is 13.1 Å². The van der Waals surface area contributed by atoms with Crippen molar-refractivity contribution in [1.82, 2.24) is 0 Å². The molecule has 0 heterocycles. The van der Waals surface area contributed by atoms with E-state index in [-0.39, 0.29) is 5.43 Å². The Bertz CT molecular complexity index is 308. The fraction of sp³-hybridized carbons (Fsp3) is 0.467. The Morgan fingerprint density at radius 3 is 2.29 bits per heavy atom. The van der Waals surface area contributed by atoms with Crippen LogP contribution in [0.3, 0.4) is 0 Å². The van der Waals surface area contributed by atoms with Gasteiger partial charge in [-0.2, -0.15) is 12.2 Å². The number of rotatable bonds is 2. The SMILES string of the molecule is CCCC1=[C-]CC=C1.C[Si](C)=[Zr+2].[C-]1=CC=CC1. The van der Waals surface area contributed by atoms with Gasteiger partial charge in [0, 0.05) is 0 Å². The molecule has 0 unspecified atom stereocenters. The van der Waals surface area contributed by atoms with Crippen molar-refractivity contribution in [3.8, 4) is 0 Å². The first-order valence-electron chi connectivity index (χ1n) is 6.16. The normalized spacial score (nSPS) is 14.8. The van der Waals surface area contributed by atoms with E-state index in [1.165, 1.54) is 18.4 Å². The summed E-state index contributed by atoms with van der Waals surface area (Å²) in [5, 5.41) is 0. The Morgan fingerprint density at radius 1 is 1.29 bits per heavy atom. The first-order valence-corrected chi connectivity index (χ1v) is 12.3. The third kappa shape index (κ3) is 14.0. The van der Waals surface area contributed by atoms with Crippen LogP contribution in [-0.4, -0.2) is 5.43 Å². The summed E-state index contributed by atoms with van der Waals surface area (Å²) in [6, 6.07) is 0. The molecule has 0 atom stereocenters. The smallest absolute Gasteiger partial charge is 0.109 e. The van der Waals surface area contributed by atoms with Gasteiger partial charge in [-0.1, -0.05) is 19.8 Å². The Kier molecular flexibility index (Phi) is 12.6. The van der Waals surface area contributed by atoms with E-state index in [0.29, 0.717) is 0 Å². The van der Waals surface area contributed by atoms with Gasteiger partial charge in [0.25, 0.3) is 0 Å². The maximum absolute atomic E-state index is 3.26. The van der Waals surface area contributed by atoms with Crippen molar-refractivity contribution in [2.75, 3.05) is 0 Å². The fourth-order valence-corrected chi connectivity index (χ4v) is 1.23. The van der Waals surface area contributed by atoms with Gasteiger partial charge in [0.15, 0.2) is 0 Å². The van der Waals surface area contributed by atoms with Crippen molar-refractivity contribution < 1.29 is 23.3 Å². The van der Waals surface area contributed by atoms with Gasteiger partial charge in [-0.25, -0.2) is 23.8 Å². The molecule has 90 valence electrons. The largest absolute Gasteiger partial charge is 0.273 e. The van der Waals surface area contributed by atoms with Crippen LogP contribution >= 0.6 is 0 Å². The molecule has 0 amide bonds. The van der Waals surface area contributed by atoms with E-state index in [1.807, 2.05) is 12.2 Å². The van der Waals surface area contributed by atoms with Gasteiger partial charge in [-0.05, 0) is 0 Å². The zero-order valence-corrected chi connectivity index (χ0v) is 14.7. The molecule has 2 aliphatic rings. The molecule has 0 aromatic carbocycles. The molecule has 0 fully saturated rings. The van der Waals surface area contributed by atoms with E-state index in [1.54, 1.807) is 23.3 Å². The molecule has 0 aliphatic heterocycles. The molecule has 0 nitrogen and oxygen atoms in total. The molecule has 0 aromatic heterocycles. The van der Waals surface area contributed by atoms with E-state index >= 15 is 0 Å². The average molecular weight is 322 g/mol. The van der Waals surface area contributed by atoms with Gasteiger partial charge in [0.2, 0.25) is 0 Å². The average Bonchev–Trinajstić information content (AvgIpc) is 2.92. The molecule has 0 radical (unpaired) electrons. The topological polar surface area (TPSA) is 0 Å². The molecule has 0 aromatic rings. The Labute approximate surface area is 122 Å². The summed E-state index contributed by atoms with van der Waals surface area (Å²) >= 11 is 1.74. The minimum absolute atomic E-state index is 0.210. The predicted molar refractivity (Wildman–Crippen MR) is 74.5 cm³/mol. The summed E-state index contributed by atoms with van der Waals surface area (Å²) in [5.74, 6) is 0. The van der Waals surface area contributed by atoms with Crippen LogP contribution in [0.25, 0.3) is 0 Å². The van der Waals surface area contributed by atoms with Gasteiger partial charge in [-0.15, -0.1) is 12.8 Å². The van der Waals surface area contributed by atoms with Gasteiger partial charge in [-0.3, -0.25) is 12.2 Å². The molecule has 0 bridgehead atoms. The molecule has 0 saturated heterocycles. The fourth-order valence-electron chi connectivity index (χ4n) is 1.23. The molecule has 0 spiro atoms. The van der Waals surface area contributed by atoms with Crippen molar-refractivity contribution in [2.45, 2.75) is 45.7 Å². The first-order chi connectivity index (χ1) is 8.16. The third-order valence-corrected chi connectivity index (χ3v) is 1.87. The third-order valence-electron chi connectivity index (χ3n) is 1.87. The van der Waals surface area contributed by atoms with E-state index in [0.717, 1.165) is 12.8 Å². The molecule has 0 N–H and O–H groups in total. The second-order valence-electron chi connectivity index (χ2n) is 4.06. The van der Waals surface area contributed by atoms with Gasteiger partial charge in [0.1, 0.15) is 0 Å². The molecule has 17 heavy (non-hydrogen) atoms. The summed E-state index contributed by atoms with van der Waals surface area (Å²) in [7, 11) is 0. The number of allylic oxidation sites excluding steroid dienone is 8. The second kappa shape index (κ2) is 12.5. The first kappa shape index (κ1) is 17.1. The second-order valence-corrected chi connectivity index (χ2v) is 13.4. The van der Waals surface area contributed by atoms with Gasteiger partial charge < -0.3 is 0 Å². The zero-order chi connectivity index (χ0) is 12.9. The van der Waals surface area contributed by atoms with Crippen LogP contribution in [0.15, 0.2) is 36.0 Å². The summed E-state index contributed by atoms with van der Waals surface area (Å²) in [6.07, 6.45) is 21.1. The predicted octanol–water partition coefficient (Wildman–Crippen LogP) is 4.57.